The number of para-hydroxylation sites is 1. The van der Waals surface area contributed by atoms with E-state index >= 15 is 0 Å². The van der Waals surface area contributed by atoms with Crippen LogP contribution in [0.5, 0.6) is 5.75 Å². The summed E-state index contributed by atoms with van der Waals surface area (Å²) in [5.74, 6) is 0.740. The van der Waals surface area contributed by atoms with Gasteiger partial charge < -0.3 is 4.74 Å². The quantitative estimate of drug-likeness (QED) is 0.741. The van der Waals surface area contributed by atoms with E-state index in [0.29, 0.717) is 29.1 Å². The number of hydrogen-bond donors (Lipinski definition) is 0. The summed E-state index contributed by atoms with van der Waals surface area (Å²) in [5.41, 5.74) is 1.61. The largest absolute Gasteiger partial charge is 0.492 e. The van der Waals surface area contributed by atoms with Gasteiger partial charge in [0.05, 0.1) is 23.8 Å². The van der Waals surface area contributed by atoms with Gasteiger partial charge in [-0.05, 0) is 42.8 Å². The third-order valence-electron chi connectivity index (χ3n) is 3.46. The van der Waals surface area contributed by atoms with Gasteiger partial charge in [-0.2, -0.15) is 0 Å². The molecule has 0 saturated carbocycles. The zero-order chi connectivity index (χ0) is 15.5. The number of aromatic nitrogens is 2. The first kappa shape index (κ1) is 14.6. The summed E-state index contributed by atoms with van der Waals surface area (Å²) < 4.78 is 7.23. The zero-order valence-corrected chi connectivity index (χ0v) is 12.9. The van der Waals surface area contributed by atoms with Crippen LogP contribution in [0.3, 0.4) is 0 Å². The molecule has 0 fully saturated rings. The first-order valence-electron chi connectivity index (χ1n) is 6.98. The van der Waals surface area contributed by atoms with Gasteiger partial charge >= 0.3 is 0 Å². The van der Waals surface area contributed by atoms with Gasteiger partial charge in [0.1, 0.15) is 12.4 Å². The molecule has 1 heterocycles. The Bertz CT molecular complexity index is 874. The Kier molecular flexibility index (Phi) is 4.11. The standard InChI is InChI=1S/C17H15ClN2O2/c1-12-10-13(6-7-15(12)18)22-9-8-20-11-19-16-5-3-2-4-14(16)17(20)21/h2-7,10-11H,8-9H2,1H3. The minimum Gasteiger partial charge on any atom is -0.492 e. The molecule has 3 rings (SSSR count). The average molecular weight is 315 g/mol. The maximum Gasteiger partial charge on any atom is 0.261 e. The van der Waals surface area contributed by atoms with E-state index in [1.807, 2.05) is 37.3 Å². The molecule has 0 N–H and O–H groups in total. The maximum atomic E-state index is 12.3. The topological polar surface area (TPSA) is 44.1 Å². The van der Waals surface area contributed by atoms with Crippen LogP contribution >= 0.6 is 11.6 Å². The Morgan fingerprint density at radius 3 is 2.86 bits per heavy atom. The number of fused-ring (bicyclic) bond motifs is 1. The van der Waals surface area contributed by atoms with Gasteiger partial charge in [0.15, 0.2) is 0 Å². The molecule has 5 heteroatoms. The third-order valence-corrected chi connectivity index (χ3v) is 3.89. The summed E-state index contributed by atoms with van der Waals surface area (Å²) in [5, 5.41) is 1.33. The minimum atomic E-state index is -0.0542. The van der Waals surface area contributed by atoms with Crippen LogP contribution < -0.4 is 10.3 Å². The van der Waals surface area contributed by atoms with E-state index in [9.17, 15) is 4.79 Å². The van der Waals surface area contributed by atoms with Crippen LogP contribution in [0.15, 0.2) is 53.6 Å². The van der Waals surface area contributed by atoms with Crippen molar-refractivity contribution in [1.82, 2.24) is 9.55 Å². The molecule has 3 aromatic rings. The predicted molar refractivity (Wildman–Crippen MR) is 87.7 cm³/mol. The van der Waals surface area contributed by atoms with E-state index < -0.39 is 0 Å². The number of aryl methyl sites for hydroxylation is 1. The maximum absolute atomic E-state index is 12.3. The summed E-state index contributed by atoms with van der Waals surface area (Å²) >= 11 is 5.98. The smallest absolute Gasteiger partial charge is 0.261 e. The lowest BCUT2D eigenvalue weighted by molar-refractivity contribution is 0.296. The highest BCUT2D eigenvalue weighted by Gasteiger charge is 2.04. The molecule has 0 atom stereocenters. The molecule has 0 bridgehead atoms. The van der Waals surface area contributed by atoms with Gasteiger partial charge in [-0.25, -0.2) is 4.98 Å². The highest BCUT2D eigenvalue weighted by molar-refractivity contribution is 6.31. The number of rotatable bonds is 4. The second kappa shape index (κ2) is 6.20. The molecule has 0 aliphatic rings. The van der Waals surface area contributed by atoms with Crippen molar-refractivity contribution in [1.29, 1.82) is 0 Å². The van der Waals surface area contributed by atoms with Crippen molar-refractivity contribution < 1.29 is 4.74 Å². The minimum absolute atomic E-state index is 0.0542. The lowest BCUT2D eigenvalue weighted by Crippen LogP contribution is -2.23. The van der Waals surface area contributed by atoms with E-state index in [-0.39, 0.29) is 5.56 Å². The average Bonchev–Trinajstić information content (AvgIpc) is 2.53. The van der Waals surface area contributed by atoms with E-state index in [4.69, 9.17) is 16.3 Å². The molecule has 0 aliphatic heterocycles. The van der Waals surface area contributed by atoms with Gasteiger partial charge in [0, 0.05) is 5.02 Å². The van der Waals surface area contributed by atoms with Crippen LogP contribution in [0.1, 0.15) is 5.56 Å². The first-order chi connectivity index (χ1) is 10.6. The number of halogens is 1. The van der Waals surface area contributed by atoms with E-state index in [1.54, 1.807) is 23.0 Å². The zero-order valence-electron chi connectivity index (χ0n) is 12.1. The summed E-state index contributed by atoms with van der Waals surface area (Å²) in [7, 11) is 0. The number of hydrogen-bond acceptors (Lipinski definition) is 3. The molecule has 4 nitrogen and oxygen atoms in total. The Morgan fingerprint density at radius 1 is 1.23 bits per heavy atom. The van der Waals surface area contributed by atoms with Gasteiger partial charge in [0.2, 0.25) is 0 Å². The van der Waals surface area contributed by atoms with Gasteiger partial charge in [-0.15, -0.1) is 0 Å². The lowest BCUT2D eigenvalue weighted by Gasteiger charge is -2.09. The second-order valence-corrected chi connectivity index (χ2v) is 5.43. The van der Waals surface area contributed by atoms with Crippen molar-refractivity contribution in [2.45, 2.75) is 13.5 Å². The Balaban J connectivity index is 1.73. The predicted octanol–water partition coefficient (Wildman–Crippen LogP) is 3.44. The third kappa shape index (κ3) is 2.97. The normalized spacial score (nSPS) is 10.8. The van der Waals surface area contributed by atoms with Gasteiger partial charge in [-0.1, -0.05) is 23.7 Å². The van der Waals surface area contributed by atoms with Crippen molar-refractivity contribution in [2.75, 3.05) is 6.61 Å². The van der Waals surface area contributed by atoms with Crippen molar-refractivity contribution in [3.63, 3.8) is 0 Å². The van der Waals surface area contributed by atoms with Crippen LogP contribution in [-0.4, -0.2) is 16.2 Å². The van der Waals surface area contributed by atoms with Crippen molar-refractivity contribution in [2.24, 2.45) is 0 Å². The monoisotopic (exact) mass is 314 g/mol. The fourth-order valence-electron chi connectivity index (χ4n) is 2.23. The van der Waals surface area contributed by atoms with Crippen LogP contribution in [0.25, 0.3) is 10.9 Å². The van der Waals surface area contributed by atoms with Crippen molar-refractivity contribution >= 4 is 22.5 Å². The summed E-state index contributed by atoms with van der Waals surface area (Å²) in [6.07, 6.45) is 1.56. The summed E-state index contributed by atoms with van der Waals surface area (Å²) in [4.78, 5) is 16.6. The SMILES string of the molecule is Cc1cc(OCCn2cnc3ccccc3c2=O)ccc1Cl. The Labute approximate surface area is 132 Å². The van der Waals surface area contributed by atoms with Crippen LogP contribution in [0, 0.1) is 6.92 Å². The fraction of sp³-hybridized carbons (Fsp3) is 0.176. The first-order valence-corrected chi connectivity index (χ1v) is 7.36. The Hall–Kier alpha value is -2.33. The fourth-order valence-corrected chi connectivity index (χ4v) is 2.35. The highest BCUT2D eigenvalue weighted by Crippen LogP contribution is 2.20. The van der Waals surface area contributed by atoms with Crippen LogP contribution in [-0.2, 0) is 6.54 Å². The van der Waals surface area contributed by atoms with Gasteiger partial charge in [-0.3, -0.25) is 9.36 Å². The van der Waals surface area contributed by atoms with E-state index in [2.05, 4.69) is 4.98 Å². The van der Waals surface area contributed by atoms with Crippen LogP contribution in [0.2, 0.25) is 5.02 Å². The molecule has 0 spiro atoms. The van der Waals surface area contributed by atoms with Crippen molar-refractivity contribution in [3.05, 3.63) is 69.7 Å². The number of nitrogens with zero attached hydrogens (tertiary/aromatic N) is 2. The highest BCUT2D eigenvalue weighted by atomic mass is 35.5. The van der Waals surface area contributed by atoms with E-state index in [1.165, 1.54) is 0 Å². The Morgan fingerprint density at radius 2 is 2.05 bits per heavy atom. The molecule has 112 valence electrons. The molecular formula is C17H15ClN2O2. The molecule has 0 radical (unpaired) electrons. The number of benzene rings is 2. The molecule has 0 saturated heterocycles. The lowest BCUT2D eigenvalue weighted by atomic mass is 10.2. The summed E-state index contributed by atoms with van der Waals surface area (Å²) in [6.45, 7) is 2.76. The molecular weight excluding hydrogens is 300 g/mol. The molecule has 22 heavy (non-hydrogen) atoms. The molecule has 0 amide bonds. The van der Waals surface area contributed by atoms with Gasteiger partial charge in [0.25, 0.3) is 5.56 Å². The van der Waals surface area contributed by atoms with E-state index in [0.717, 1.165) is 11.3 Å². The van der Waals surface area contributed by atoms with Crippen LogP contribution in [0.4, 0.5) is 0 Å². The van der Waals surface area contributed by atoms with Crippen molar-refractivity contribution in [3.8, 4) is 5.75 Å². The molecule has 0 unspecified atom stereocenters. The second-order valence-electron chi connectivity index (χ2n) is 5.02. The number of ether oxygens (including phenoxy) is 1. The molecule has 2 aromatic carbocycles. The summed E-state index contributed by atoms with van der Waals surface area (Å²) in [6, 6.07) is 12.8. The molecule has 1 aromatic heterocycles. The molecule has 0 aliphatic carbocycles.